The zero-order valence-electron chi connectivity index (χ0n) is 14.3. The lowest BCUT2D eigenvalue weighted by atomic mass is 10.1. The number of nitrogens with zero attached hydrogens (tertiary/aromatic N) is 1. The average Bonchev–Trinajstić information content (AvgIpc) is 2.70. The van der Waals surface area contributed by atoms with Crippen LogP contribution in [0.3, 0.4) is 0 Å². The number of carboxylic acid groups (broad SMARTS) is 1. The number of aliphatic imine (C=N–C) groups is 1. The first-order valence-electron chi connectivity index (χ1n) is 8.44. The second-order valence-corrected chi connectivity index (χ2v) is 5.69. The van der Waals surface area contributed by atoms with Gasteiger partial charge in [0.1, 0.15) is 17.3 Å². The smallest absolute Gasteiger partial charge is 0.290 e. The lowest BCUT2D eigenvalue weighted by molar-refractivity contribution is -0.122. The largest absolute Gasteiger partial charge is 0.483 e. The molecule has 0 spiro atoms. The van der Waals surface area contributed by atoms with Gasteiger partial charge in [0, 0.05) is 18.5 Å². The van der Waals surface area contributed by atoms with E-state index in [1.165, 1.54) is 5.39 Å². The Hall–Kier alpha value is -3.34. The monoisotopic (exact) mass is 348 g/mol. The van der Waals surface area contributed by atoms with Crippen molar-refractivity contribution in [2.45, 2.75) is 6.42 Å². The number of para-hydroxylation sites is 1. The second-order valence-electron chi connectivity index (χ2n) is 5.69. The van der Waals surface area contributed by atoms with Crippen molar-refractivity contribution >= 4 is 23.1 Å². The van der Waals surface area contributed by atoms with Gasteiger partial charge in [0.05, 0.1) is 5.56 Å². The van der Waals surface area contributed by atoms with Crippen molar-refractivity contribution in [3.8, 4) is 11.5 Å². The van der Waals surface area contributed by atoms with Crippen molar-refractivity contribution in [2.24, 2.45) is 4.99 Å². The Morgan fingerprint density at radius 2 is 1.65 bits per heavy atom. The summed E-state index contributed by atoms with van der Waals surface area (Å²) in [5, 5.41) is 12.5. The first-order valence-corrected chi connectivity index (χ1v) is 8.44. The molecule has 0 aromatic heterocycles. The number of fused-ring (bicyclic) bond motifs is 1. The van der Waals surface area contributed by atoms with Crippen molar-refractivity contribution in [3.05, 3.63) is 72.3 Å². The third kappa shape index (κ3) is 4.00. The van der Waals surface area contributed by atoms with Crippen LogP contribution in [0.25, 0.3) is 10.8 Å². The molecule has 2 N–H and O–H groups in total. The van der Waals surface area contributed by atoms with Gasteiger partial charge in [-0.05, 0) is 30.0 Å². The summed E-state index contributed by atoms with van der Waals surface area (Å²) in [4.78, 5) is 13.0. The summed E-state index contributed by atoms with van der Waals surface area (Å²) in [5.41, 5.74) is 1.01. The summed E-state index contributed by atoms with van der Waals surface area (Å²) in [6.07, 6.45) is 1.08. The van der Waals surface area contributed by atoms with Crippen molar-refractivity contribution in [3.63, 3.8) is 0 Å². The molecule has 0 saturated heterocycles. The van der Waals surface area contributed by atoms with Gasteiger partial charge >= 0.3 is 0 Å². The molecule has 0 bridgehead atoms. The molecule has 0 fully saturated rings. The van der Waals surface area contributed by atoms with Crippen LogP contribution >= 0.6 is 0 Å². The summed E-state index contributed by atoms with van der Waals surface area (Å²) < 4.78 is 6.26. The molecule has 3 aromatic carbocycles. The molecule has 3 aromatic rings. The number of nitrogens with one attached hydrogen (secondary N) is 1. The van der Waals surface area contributed by atoms with Crippen molar-refractivity contribution in [1.82, 2.24) is 5.32 Å². The van der Waals surface area contributed by atoms with Crippen LogP contribution in [-0.4, -0.2) is 30.5 Å². The molecule has 0 unspecified atom stereocenters. The zero-order chi connectivity index (χ0) is 18.2. The molecule has 5 nitrogen and oxygen atoms in total. The van der Waals surface area contributed by atoms with Crippen LogP contribution in [0.15, 0.2) is 71.7 Å². The number of hydrogen-bond donors (Lipinski definition) is 2. The van der Waals surface area contributed by atoms with Crippen LogP contribution in [0.2, 0.25) is 0 Å². The van der Waals surface area contributed by atoms with E-state index < -0.39 is 0 Å². The number of ether oxygens (including phenoxy) is 1. The van der Waals surface area contributed by atoms with Crippen molar-refractivity contribution in [2.75, 3.05) is 13.1 Å². The zero-order valence-corrected chi connectivity index (χ0v) is 14.3. The van der Waals surface area contributed by atoms with Crippen LogP contribution in [-0.2, 0) is 4.79 Å². The van der Waals surface area contributed by atoms with E-state index in [1.54, 1.807) is 0 Å². The average molecular weight is 348 g/mol. The molecule has 0 saturated carbocycles. The Balaban J connectivity index is 0.000000613. The maximum atomic E-state index is 8.36. The summed E-state index contributed by atoms with van der Waals surface area (Å²) in [7, 11) is 0. The highest BCUT2D eigenvalue weighted by Gasteiger charge is 2.13. The molecule has 26 heavy (non-hydrogen) atoms. The predicted octanol–water partition coefficient (Wildman–Crippen LogP) is 4.07. The molecule has 0 atom stereocenters. The van der Waals surface area contributed by atoms with Crippen LogP contribution in [0.1, 0.15) is 12.0 Å². The minimum Gasteiger partial charge on any atom is -0.483 e. The number of amidine groups is 1. The van der Waals surface area contributed by atoms with Gasteiger partial charge in [-0.25, -0.2) is 0 Å². The normalized spacial score (nSPS) is 13.0. The molecule has 1 heterocycles. The standard InChI is InChI=1S/C20H18N2O.CH2O2/c1-2-9-16-15(7-1)8-5-12-18(16)23-19-11-4-3-10-17(19)20-21-13-6-14-22-20;2-1-3/h1-5,7-12H,6,13-14H2,(H,21,22);1H,(H,2,3). The van der Waals surface area contributed by atoms with E-state index in [1.807, 2.05) is 42.5 Å². The topological polar surface area (TPSA) is 70.9 Å². The predicted molar refractivity (Wildman–Crippen MR) is 103 cm³/mol. The highest BCUT2D eigenvalue weighted by molar-refractivity contribution is 6.01. The lowest BCUT2D eigenvalue weighted by Gasteiger charge is -2.18. The summed E-state index contributed by atoms with van der Waals surface area (Å²) in [6.45, 7) is 1.58. The van der Waals surface area contributed by atoms with Gasteiger partial charge in [-0.1, -0.05) is 48.5 Å². The Labute approximate surface area is 152 Å². The van der Waals surface area contributed by atoms with Gasteiger partial charge in [-0.2, -0.15) is 0 Å². The minimum absolute atomic E-state index is 0.250. The highest BCUT2D eigenvalue weighted by atomic mass is 16.5. The number of carbonyl (C=O) groups is 1. The van der Waals surface area contributed by atoms with Crippen LogP contribution in [0.4, 0.5) is 0 Å². The summed E-state index contributed by atoms with van der Waals surface area (Å²) in [5.74, 6) is 2.62. The fourth-order valence-electron chi connectivity index (χ4n) is 2.87. The van der Waals surface area contributed by atoms with E-state index in [0.29, 0.717) is 0 Å². The molecular formula is C21H20N2O3. The molecule has 0 radical (unpaired) electrons. The van der Waals surface area contributed by atoms with Gasteiger partial charge < -0.3 is 15.2 Å². The summed E-state index contributed by atoms with van der Waals surface area (Å²) in [6, 6.07) is 22.5. The Morgan fingerprint density at radius 3 is 2.46 bits per heavy atom. The van der Waals surface area contributed by atoms with Gasteiger partial charge in [-0.3, -0.25) is 9.79 Å². The van der Waals surface area contributed by atoms with Gasteiger partial charge in [0.25, 0.3) is 6.47 Å². The summed E-state index contributed by atoms with van der Waals surface area (Å²) >= 11 is 0. The number of rotatable bonds is 3. The SMILES string of the molecule is O=CO.c1ccc(C2=NCCCN2)c(Oc2cccc3ccccc23)c1. The van der Waals surface area contributed by atoms with Gasteiger partial charge in [0.2, 0.25) is 0 Å². The van der Waals surface area contributed by atoms with E-state index in [4.69, 9.17) is 14.6 Å². The maximum Gasteiger partial charge on any atom is 0.290 e. The molecule has 1 aliphatic heterocycles. The van der Waals surface area contributed by atoms with Crippen LogP contribution in [0, 0.1) is 0 Å². The van der Waals surface area contributed by atoms with Gasteiger partial charge in [-0.15, -0.1) is 0 Å². The quantitative estimate of drug-likeness (QED) is 0.700. The molecule has 0 aliphatic carbocycles. The first-order chi connectivity index (χ1) is 12.8. The van der Waals surface area contributed by atoms with E-state index >= 15 is 0 Å². The first kappa shape index (κ1) is 17.5. The molecular weight excluding hydrogens is 328 g/mol. The van der Waals surface area contributed by atoms with E-state index in [0.717, 1.165) is 47.8 Å². The van der Waals surface area contributed by atoms with Crippen LogP contribution in [0.5, 0.6) is 11.5 Å². The third-order valence-corrected chi connectivity index (χ3v) is 4.01. The Bertz CT molecular complexity index is 917. The highest BCUT2D eigenvalue weighted by Crippen LogP contribution is 2.31. The lowest BCUT2D eigenvalue weighted by Crippen LogP contribution is -2.30. The Kier molecular flexibility index (Phi) is 5.83. The number of benzene rings is 3. The van der Waals surface area contributed by atoms with Gasteiger partial charge in [0.15, 0.2) is 0 Å². The fraction of sp³-hybridized carbons (Fsp3) is 0.143. The molecule has 1 aliphatic rings. The molecule has 5 heteroatoms. The van der Waals surface area contributed by atoms with Crippen LogP contribution < -0.4 is 10.1 Å². The third-order valence-electron chi connectivity index (χ3n) is 4.01. The van der Waals surface area contributed by atoms with E-state index in [2.05, 4.69) is 34.6 Å². The minimum atomic E-state index is -0.250. The molecule has 4 rings (SSSR count). The second kappa shape index (κ2) is 8.67. The van der Waals surface area contributed by atoms with Crippen molar-refractivity contribution in [1.29, 1.82) is 0 Å². The van der Waals surface area contributed by atoms with E-state index in [9.17, 15) is 0 Å². The van der Waals surface area contributed by atoms with E-state index in [-0.39, 0.29) is 6.47 Å². The molecule has 0 amide bonds. The number of hydrogen-bond acceptors (Lipinski definition) is 4. The molecule has 132 valence electrons. The van der Waals surface area contributed by atoms with Crippen molar-refractivity contribution < 1.29 is 14.6 Å². The fourth-order valence-corrected chi connectivity index (χ4v) is 2.87. The maximum absolute atomic E-state index is 8.36. The Morgan fingerprint density at radius 1 is 0.962 bits per heavy atom.